The first kappa shape index (κ1) is 24.8. The number of benzene rings is 1. The number of carbonyl (C=O) groups is 2. The van der Waals surface area contributed by atoms with E-state index in [2.05, 4.69) is 41.1 Å². The van der Waals surface area contributed by atoms with Crippen LogP contribution in [0.25, 0.3) is 0 Å². The summed E-state index contributed by atoms with van der Waals surface area (Å²) in [4.78, 5) is 31.5. The number of halogens is 1. The Morgan fingerprint density at radius 2 is 1.72 bits per heavy atom. The lowest BCUT2D eigenvalue weighted by atomic mass is 10.1. The van der Waals surface area contributed by atoms with E-state index in [0.717, 1.165) is 63.4 Å². The lowest BCUT2D eigenvalue weighted by Gasteiger charge is -2.37. The second kappa shape index (κ2) is 10.9. The third-order valence-corrected chi connectivity index (χ3v) is 6.48. The van der Waals surface area contributed by atoms with Crippen molar-refractivity contribution in [1.82, 2.24) is 15.1 Å². The van der Waals surface area contributed by atoms with Gasteiger partial charge in [0.15, 0.2) is 0 Å². The third-order valence-electron chi connectivity index (χ3n) is 6.48. The molecule has 2 unspecified atom stereocenters. The van der Waals surface area contributed by atoms with Gasteiger partial charge in [0.05, 0.1) is 23.8 Å². The predicted octanol–water partition coefficient (Wildman–Crippen LogP) is 2.53. The van der Waals surface area contributed by atoms with Crippen LogP contribution in [0.1, 0.15) is 40.0 Å². The van der Waals surface area contributed by atoms with Gasteiger partial charge in [-0.25, -0.2) is 0 Å². The standard InChI is InChI=1S/C24H36N4O3.ClH/c1-17(2)31-21-8-5-4-7-20(21)27-15-13-26(14-16-27)11-6-12-28-23(29)18(3)22(24(28)30)25-19-9-10-19;/h4-5,7-8,17-19,22,25H,6,9-16H2,1-3H3;1H. The van der Waals surface area contributed by atoms with Gasteiger partial charge in [0.1, 0.15) is 5.75 Å². The van der Waals surface area contributed by atoms with Crippen LogP contribution in [0.2, 0.25) is 0 Å². The van der Waals surface area contributed by atoms with E-state index in [1.54, 1.807) is 0 Å². The summed E-state index contributed by atoms with van der Waals surface area (Å²) in [5.74, 6) is 0.649. The first-order valence-corrected chi connectivity index (χ1v) is 11.8. The number of hydrogen-bond acceptors (Lipinski definition) is 6. The Balaban J connectivity index is 0.00000289. The fourth-order valence-corrected chi connectivity index (χ4v) is 4.56. The minimum atomic E-state index is -0.323. The summed E-state index contributed by atoms with van der Waals surface area (Å²) in [6.45, 7) is 11.3. The molecule has 2 heterocycles. The van der Waals surface area contributed by atoms with E-state index in [1.165, 1.54) is 4.90 Å². The van der Waals surface area contributed by atoms with Crippen molar-refractivity contribution in [2.24, 2.45) is 5.92 Å². The first-order valence-electron chi connectivity index (χ1n) is 11.8. The molecule has 0 bridgehead atoms. The largest absolute Gasteiger partial charge is 0.489 e. The van der Waals surface area contributed by atoms with E-state index < -0.39 is 0 Å². The average Bonchev–Trinajstić information content (AvgIpc) is 3.55. The number of nitrogens with one attached hydrogen (secondary N) is 1. The van der Waals surface area contributed by atoms with Crippen LogP contribution in [0.3, 0.4) is 0 Å². The number of anilines is 1. The van der Waals surface area contributed by atoms with Crippen LogP contribution in [0.15, 0.2) is 24.3 Å². The highest BCUT2D eigenvalue weighted by atomic mass is 35.5. The Kier molecular flexibility index (Phi) is 8.42. The fourth-order valence-electron chi connectivity index (χ4n) is 4.56. The van der Waals surface area contributed by atoms with Crippen molar-refractivity contribution >= 4 is 29.9 Å². The highest BCUT2D eigenvalue weighted by Gasteiger charge is 2.46. The molecule has 3 aliphatic rings. The van der Waals surface area contributed by atoms with Crippen LogP contribution in [0.4, 0.5) is 5.69 Å². The first-order chi connectivity index (χ1) is 14.9. The molecule has 4 rings (SSSR count). The van der Waals surface area contributed by atoms with Crippen molar-refractivity contribution in [3.8, 4) is 5.75 Å². The molecule has 0 aromatic heterocycles. The van der Waals surface area contributed by atoms with Gasteiger partial charge in [-0.3, -0.25) is 19.4 Å². The molecule has 0 spiro atoms. The van der Waals surface area contributed by atoms with E-state index in [-0.39, 0.29) is 42.3 Å². The normalized spacial score (nSPS) is 24.2. The Bertz CT molecular complexity index is 793. The minimum Gasteiger partial charge on any atom is -0.489 e. The van der Waals surface area contributed by atoms with Gasteiger partial charge >= 0.3 is 0 Å². The molecular weight excluding hydrogens is 428 g/mol. The zero-order valence-electron chi connectivity index (χ0n) is 19.5. The molecule has 7 nitrogen and oxygen atoms in total. The lowest BCUT2D eigenvalue weighted by molar-refractivity contribution is -0.139. The Labute approximate surface area is 197 Å². The number of nitrogens with zero attached hydrogens (tertiary/aromatic N) is 3. The molecule has 178 valence electrons. The zero-order chi connectivity index (χ0) is 22.0. The number of likely N-dealkylation sites (tertiary alicyclic amines) is 1. The number of carbonyl (C=O) groups excluding carboxylic acids is 2. The van der Waals surface area contributed by atoms with Crippen LogP contribution in [0.5, 0.6) is 5.75 Å². The molecule has 3 fully saturated rings. The molecule has 1 aliphatic carbocycles. The maximum absolute atomic E-state index is 12.7. The summed E-state index contributed by atoms with van der Waals surface area (Å²) < 4.78 is 5.98. The summed E-state index contributed by atoms with van der Waals surface area (Å²) in [6.07, 6.45) is 3.21. The van der Waals surface area contributed by atoms with Crippen molar-refractivity contribution in [2.75, 3.05) is 44.2 Å². The maximum atomic E-state index is 12.7. The molecule has 1 aromatic rings. The highest BCUT2D eigenvalue weighted by Crippen LogP contribution is 2.30. The van der Waals surface area contributed by atoms with E-state index in [9.17, 15) is 9.59 Å². The van der Waals surface area contributed by atoms with Gasteiger partial charge in [-0.1, -0.05) is 19.1 Å². The highest BCUT2D eigenvalue weighted by molar-refractivity contribution is 6.06. The number of para-hydroxylation sites is 2. The van der Waals surface area contributed by atoms with Crippen LogP contribution in [-0.2, 0) is 9.59 Å². The van der Waals surface area contributed by atoms with Crippen LogP contribution in [-0.4, -0.2) is 79.1 Å². The van der Waals surface area contributed by atoms with Crippen LogP contribution < -0.4 is 15.0 Å². The summed E-state index contributed by atoms with van der Waals surface area (Å²) >= 11 is 0. The van der Waals surface area contributed by atoms with Crippen molar-refractivity contribution < 1.29 is 14.3 Å². The second-order valence-corrected chi connectivity index (χ2v) is 9.35. The molecule has 2 saturated heterocycles. The number of ether oxygens (including phenoxy) is 1. The van der Waals surface area contributed by atoms with Crippen molar-refractivity contribution in [2.45, 2.75) is 58.2 Å². The maximum Gasteiger partial charge on any atom is 0.247 e. The average molecular weight is 465 g/mol. The van der Waals surface area contributed by atoms with Crippen molar-refractivity contribution in [3.63, 3.8) is 0 Å². The Morgan fingerprint density at radius 1 is 1.03 bits per heavy atom. The number of amides is 2. The molecule has 2 amide bonds. The summed E-state index contributed by atoms with van der Waals surface area (Å²) in [5.41, 5.74) is 1.16. The van der Waals surface area contributed by atoms with Gasteiger partial charge in [-0.2, -0.15) is 0 Å². The smallest absolute Gasteiger partial charge is 0.247 e. The third kappa shape index (κ3) is 5.74. The molecular formula is C24H37ClN4O3. The number of piperazine rings is 1. The van der Waals surface area contributed by atoms with Crippen LogP contribution >= 0.6 is 12.4 Å². The SMILES string of the molecule is CC(C)Oc1ccccc1N1CCN(CCCN2C(=O)C(C)C(NC3CC3)C2=O)CC1.Cl. The molecule has 1 N–H and O–H groups in total. The van der Waals surface area contributed by atoms with Gasteiger partial charge in [0, 0.05) is 38.8 Å². The van der Waals surface area contributed by atoms with E-state index in [1.807, 2.05) is 19.1 Å². The van der Waals surface area contributed by atoms with Gasteiger partial charge in [0.2, 0.25) is 11.8 Å². The molecule has 32 heavy (non-hydrogen) atoms. The molecule has 1 saturated carbocycles. The Hall–Kier alpha value is -1.83. The zero-order valence-corrected chi connectivity index (χ0v) is 20.3. The second-order valence-electron chi connectivity index (χ2n) is 9.35. The number of imide groups is 1. The quantitative estimate of drug-likeness (QED) is 0.566. The molecule has 2 atom stereocenters. The van der Waals surface area contributed by atoms with Gasteiger partial charge in [-0.05, 0) is 51.8 Å². The van der Waals surface area contributed by atoms with Gasteiger partial charge in [-0.15, -0.1) is 12.4 Å². The predicted molar refractivity (Wildman–Crippen MR) is 129 cm³/mol. The fraction of sp³-hybridized carbons (Fsp3) is 0.667. The summed E-state index contributed by atoms with van der Waals surface area (Å²) in [6, 6.07) is 8.35. The van der Waals surface area contributed by atoms with Crippen molar-refractivity contribution in [1.29, 1.82) is 0 Å². The molecule has 0 radical (unpaired) electrons. The topological polar surface area (TPSA) is 65.1 Å². The lowest BCUT2D eigenvalue weighted by Crippen LogP contribution is -2.47. The van der Waals surface area contributed by atoms with E-state index in [0.29, 0.717) is 12.6 Å². The molecule has 2 aliphatic heterocycles. The summed E-state index contributed by atoms with van der Waals surface area (Å²) in [7, 11) is 0. The number of rotatable bonds is 9. The minimum absolute atomic E-state index is 0. The van der Waals surface area contributed by atoms with Crippen LogP contribution in [0, 0.1) is 5.92 Å². The van der Waals surface area contributed by atoms with Crippen molar-refractivity contribution in [3.05, 3.63) is 24.3 Å². The van der Waals surface area contributed by atoms with E-state index in [4.69, 9.17) is 4.74 Å². The number of hydrogen-bond donors (Lipinski definition) is 1. The van der Waals surface area contributed by atoms with E-state index >= 15 is 0 Å². The van der Waals surface area contributed by atoms with Gasteiger partial charge < -0.3 is 15.0 Å². The molecule has 1 aromatic carbocycles. The Morgan fingerprint density at radius 3 is 2.38 bits per heavy atom. The monoisotopic (exact) mass is 464 g/mol. The summed E-state index contributed by atoms with van der Waals surface area (Å²) in [5, 5.41) is 3.35. The van der Waals surface area contributed by atoms with Gasteiger partial charge in [0.25, 0.3) is 0 Å². The molecule has 8 heteroatoms.